The average Bonchev–Trinajstić information content (AvgIpc) is 2.70. The molecule has 0 atom stereocenters. The first-order valence-corrected chi connectivity index (χ1v) is 8.35. The Kier molecular flexibility index (Phi) is 7.08. The predicted molar refractivity (Wildman–Crippen MR) is 103 cm³/mol. The predicted octanol–water partition coefficient (Wildman–Crippen LogP) is 2.82. The van der Waals surface area contributed by atoms with E-state index in [1.807, 2.05) is 13.0 Å². The van der Waals surface area contributed by atoms with Crippen molar-refractivity contribution in [3.05, 3.63) is 41.5 Å². The smallest absolute Gasteiger partial charge is 0.342 e. The van der Waals surface area contributed by atoms with Gasteiger partial charge in [-0.15, -0.1) is 0 Å². The average molecular weight is 389 g/mol. The van der Waals surface area contributed by atoms with Crippen molar-refractivity contribution in [2.45, 2.75) is 6.92 Å². The topological polar surface area (TPSA) is 92.3 Å². The van der Waals surface area contributed by atoms with Gasteiger partial charge in [-0.3, -0.25) is 4.79 Å². The Morgan fingerprint density at radius 3 is 2.11 bits per heavy atom. The first kappa shape index (κ1) is 20.9. The van der Waals surface area contributed by atoms with E-state index < -0.39 is 18.5 Å². The Labute approximate surface area is 163 Å². The Balaban J connectivity index is 2.10. The highest BCUT2D eigenvalue weighted by atomic mass is 16.5. The number of anilines is 1. The fourth-order valence-electron chi connectivity index (χ4n) is 2.58. The molecule has 2 aromatic rings. The third-order valence-corrected chi connectivity index (χ3v) is 3.89. The number of esters is 1. The molecule has 8 heteroatoms. The largest absolute Gasteiger partial charge is 0.495 e. The molecule has 8 nitrogen and oxygen atoms in total. The fourth-order valence-corrected chi connectivity index (χ4v) is 2.58. The van der Waals surface area contributed by atoms with Crippen LogP contribution in [0.4, 0.5) is 5.69 Å². The molecule has 0 aliphatic rings. The van der Waals surface area contributed by atoms with Gasteiger partial charge in [0, 0.05) is 0 Å². The second kappa shape index (κ2) is 9.50. The van der Waals surface area contributed by atoms with Crippen LogP contribution in [-0.4, -0.2) is 46.9 Å². The van der Waals surface area contributed by atoms with E-state index >= 15 is 0 Å². The molecule has 0 aromatic heterocycles. The Bertz CT molecular complexity index is 864. The molecule has 1 amide bonds. The van der Waals surface area contributed by atoms with Crippen molar-refractivity contribution < 1.29 is 33.3 Å². The van der Waals surface area contributed by atoms with Crippen LogP contribution in [0.2, 0.25) is 0 Å². The molecule has 0 radical (unpaired) electrons. The number of hydrogen-bond donors (Lipinski definition) is 1. The van der Waals surface area contributed by atoms with Crippen LogP contribution in [0.5, 0.6) is 23.0 Å². The zero-order chi connectivity index (χ0) is 20.7. The zero-order valence-corrected chi connectivity index (χ0v) is 16.5. The van der Waals surface area contributed by atoms with Crippen LogP contribution in [0.3, 0.4) is 0 Å². The number of rotatable bonds is 8. The first-order chi connectivity index (χ1) is 13.4. The van der Waals surface area contributed by atoms with Gasteiger partial charge in [0.25, 0.3) is 5.91 Å². The van der Waals surface area contributed by atoms with Crippen molar-refractivity contribution in [2.24, 2.45) is 0 Å². The minimum Gasteiger partial charge on any atom is -0.495 e. The molecule has 0 fully saturated rings. The van der Waals surface area contributed by atoms with Crippen LogP contribution in [-0.2, 0) is 9.53 Å². The third-order valence-electron chi connectivity index (χ3n) is 3.89. The van der Waals surface area contributed by atoms with Gasteiger partial charge in [0.2, 0.25) is 5.75 Å². The highest BCUT2D eigenvalue weighted by molar-refractivity contribution is 5.98. The maximum atomic E-state index is 12.4. The summed E-state index contributed by atoms with van der Waals surface area (Å²) < 4.78 is 26.0. The molecule has 0 saturated heterocycles. The lowest BCUT2D eigenvalue weighted by Gasteiger charge is -2.15. The summed E-state index contributed by atoms with van der Waals surface area (Å²) in [5, 5.41) is 2.66. The van der Waals surface area contributed by atoms with Gasteiger partial charge in [-0.25, -0.2) is 4.79 Å². The number of amides is 1. The van der Waals surface area contributed by atoms with E-state index in [-0.39, 0.29) is 17.1 Å². The molecule has 0 saturated carbocycles. The number of ether oxygens (including phenoxy) is 5. The van der Waals surface area contributed by atoms with E-state index in [4.69, 9.17) is 23.7 Å². The third kappa shape index (κ3) is 4.64. The molecule has 0 unspecified atom stereocenters. The summed E-state index contributed by atoms with van der Waals surface area (Å²) in [6, 6.07) is 8.39. The zero-order valence-electron chi connectivity index (χ0n) is 16.5. The van der Waals surface area contributed by atoms with Crippen molar-refractivity contribution in [3.63, 3.8) is 0 Å². The van der Waals surface area contributed by atoms with E-state index in [1.54, 1.807) is 18.2 Å². The van der Waals surface area contributed by atoms with Crippen LogP contribution in [0.15, 0.2) is 30.3 Å². The summed E-state index contributed by atoms with van der Waals surface area (Å²) in [6.45, 7) is 1.41. The number of benzene rings is 2. The highest BCUT2D eigenvalue weighted by Gasteiger charge is 2.22. The molecule has 2 rings (SSSR count). The van der Waals surface area contributed by atoms with Gasteiger partial charge in [0.1, 0.15) is 11.3 Å². The van der Waals surface area contributed by atoms with E-state index in [2.05, 4.69) is 5.32 Å². The monoisotopic (exact) mass is 389 g/mol. The van der Waals surface area contributed by atoms with Gasteiger partial charge in [0.15, 0.2) is 18.1 Å². The van der Waals surface area contributed by atoms with Gasteiger partial charge < -0.3 is 29.0 Å². The van der Waals surface area contributed by atoms with E-state index in [1.165, 1.54) is 34.5 Å². The van der Waals surface area contributed by atoms with Crippen molar-refractivity contribution >= 4 is 17.6 Å². The lowest BCUT2D eigenvalue weighted by molar-refractivity contribution is -0.119. The van der Waals surface area contributed by atoms with Gasteiger partial charge in [0.05, 0.1) is 34.1 Å². The number of nitrogens with one attached hydrogen (secondary N) is 1. The number of carbonyl (C=O) groups is 2. The number of carbonyl (C=O) groups excluding carboxylic acids is 2. The molecule has 2 aromatic carbocycles. The lowest BCUT2D eigenvalue weighted by Crippen LogP contribution is -2.21. The molecular weight excluding hydrogens is 366 g/mol. The van der Waals surface area contributed by atoms with E-state index in [0.717, 1.165) is 5.56 Å². The van der Waals surface area contributed by atoms with Crippen molar-refractivity contribution in [1.82, 2.24) is 0 Å². The van der Waals surface area contributed by atoms with Crippen LogP contribution < -0.4 is 24.3 Å². The Hall–Kier alpha value is -3.42. The summed E-state index contributed by atoms with van der Waals surface area (Å²) >= 11 is 0. The Morgan fingerprint density at radius 2 is 1.50 bits per heavy atom. The van der Waals surface area contributed by atoms with Crippen LogP contribution in [0.1, 0.15) is 15.9 Å². The number of hydrogen-bond acceptors (Lipinski definition) is 7. The minimum absolute atomic E-state index is 0.112. The second-order valence-corrected chi connectivity index (χ2v) is 5.71. The van der Waals surface area contributed by atoms with E-state index in [0.29, 0.717) is 17.2 Å². The van der Waals surface area contributed by atoms with Gasteiger partial charge in [-0.2, -0.15) is 0 Å². The van der Waals surface area contributed by atoms with Crippen LogP contribution in [0.25, 0.3) is 0 Å². The maximum Gasteiger partial charge on any atom is 0.342 e. The molecule has 0 aliphatic heterocycles. The maximum absolute atomic E-state index is 12.4. The summed E-state index contributed by atoms with van der Waals surface area (Å²) in [7, 11) is 5.80. The summed E-state index contributed by atoms with van der Waals surface area (Å²) in [4.78, 5) is 24.6. The first-order valence-electron chi connectivity index (χ1n) is 8.35. The van der Waals surface area contributed by atoms with Gasteiger partial charge >= 0.3 is 5.97 Å². The van der Waals surface area contributed by atoms with Crippen LogP contribution >= 0.6 is 0 Å². The van der Waals surface area contributed by atoms with Crippen LogP contribution in [0, 0.1) is 6.92 Å². The molecular formula is C20H23NO7. The standard InChI is InChI=1S/C20H23NO7/c1-12-6-8-15(24-2)14(10-12)21-17(22)11-28-20(23)13-7-9-16(25-3)19(27-5)18(13)26-4/h6-10H,11H2,1-5H3,(H,21,22). The number of aryl methyl sites for hydroxylation is 1. The molecule has 0 spiro atoms. The summed E-state index contributed by atoms with van der Waals surface area (Å²) in [5.74, 6) is 0.0916. The fraction of sp³-hybridized carbons (Fsp3) is 0.300. The lowest BCUT2D eigenvalue weighted by atomic mass is 10.1. The summed E-state index contributed by atoms with van der Waals surface area (Å²) in [6.07, 6.45) is 0. The Morgan fingerprint density at radius 1 is 0.857 bits per heavy atom. The van der Waals surface area contributed by atoms with Gasteiger partial charge in [-0.05, 0) is 36.8 Å². The second-order valence-electron chi connectivity index (χ2n) is 5.71. The molecule has 1 N–H and O–H groups in total. The van der Waals surface area contributed by atoms with Gasteiger partial charge in [-0.1, -0.05) is 6.07 Å². The quantitative estimate of drug-likeness (QED) is 0.694. The molecule has 28 heavy (non-hydrogen) atoms. The molecule has 0 bridgehead atoms. The van der Waals surface area contributed by atoms with Crippen molar-refractivity contribution in [2.75, 3.05) is 40.4 Å². The number of methoxy groups -OCH3 is 4. The molecule has 0 aliphatic carbocycles. The van der Waals surface area contributed by atoms with Crippen molar-refractivity contribution in [3.8, 4) is 23.0 Å². The van der Waals surface area contributed by atoms with Crippen molar-refractivity contribution in [1.29, 1.82) is 0 Å². The molecule has 0 heterocycles. The summed E-state index contributed by atoms with van der Waals surface area (Å²) in [5.41, 5.74) is 1.55. The minimum atomic E-state index is -0.732. The highest BCUT2D eigenvalue weighted by Crippen LogP contribution is 2.39. The van der Waals surface area contributed by atoms with E-state index in [9.17, 15) is 9.59 Å². The SMILES string of the molecule is COc1ccc(C)cc1NC(=O)COC(=O)c1ccc(OC)c(OC)c1OC. The molecule has 150 valence electrons. The normalized spacial score (nSPS) is 10.0.